The molecule has 0 spiro atoms. The van der Waals surface area contributed by atoms with E-state index in [9.17, 15) is 0 Å². The van der Waals surface area contributed by atoms with Crippen LogP contribution in [0.15, 0.2) is 197 Å². The van der Waals surface area contributed by atoms with Crippen LogP contribution >= 0.6 is 0 Å². The van der Waals surface area contributed by atoms with Crippen LogP contribution in [-0.4, -0.2) is 0 Å². The zero-order valence-corrected chi connectivity index (χ0v) is 27.7. The molecule has 0 saturated carbocycles. The molecule has 0 aliphatic heterocycles. The van der Waals surface area contributed by atoms with Crippen molar-refractivity contribution in [1.82, 2.24) is 0 Å². The number of furan rings is 2. The van der Waals surface area contributed by atoms with E-state index in [0.717, 1.165) is 83.2 Å². The molecule has 10 rings (SSSR count). The van der Waals surface area contributed by atoms with Crippen LogP contribution in [0.5, 0.6) is 0 Å². The molecule has 0 amide bonds. The molecule has 240 valence electrons. The van der Waals surface area contributed by atoms with Crippen LogP contribution < -0.4 is 4.90 Å². The van der Waals surface area contributed by atoms with Gasteiger partial charge in [-0.25, -0.2) is 0 Å². The minimum atomic E-state index is 0.866. The van der Waals surface area contributed by atoms with E-state index in [1.165, 1.54) is 11.1 Å². The van der Waals surface area contributed by atoms with Crippen molar-refractivity contribution in [1.29, 1.82) is 0 Å². The standard InChI is InChI=1S/C48H31NO2/c1-2-10-32(11-3-1)34-24-28-37(29-25-34)49(44-17-9-16-43-41-13-5-7-19-46(41)51-48(43)44)38-30-26-35(27-31-38)33-20-22-36(23-21-33)39-14-8-15-42-40-12-4-6-18-45(40)50-47(39)42/h1-31H. The Kier molecular flexibility index (Phi) is 6.81. The fourth-order valence-corrected chi connectivity index (χ4v) is 7.39. The number of hydrogen-bond donors (Lipinski definition) is 0. The zero-order valence-electron chi connectivity index (χ0n) is 27.7. The molecule has 0 saturated heterocycles. The summed E-state index contributed by atoms with van der Waals surface area (Å²) in [6.07, 6.45) is 0. The first-order valence-corrected chi connectivity index (χ1v) is 17.3. The number of hydrogen-bond acceptors (Lipinski definition) is 3. The van der Waals surface area contributed by atoms with E-state index >= 15 is 0 Å². The van der Waals surface area contributed by atoms with Crippen LogP contribution in [0, 0.1) is 0 Å². The highest BCUT2D eigenvalue weighted by Gasteiger charge is 2.20. The van der Waals surface area contributed by atoms with E-state index in [1.54, 1.807) is 0 Å². The molecule has 10 aromatic rings. The molecular weight excluding hydrogens is 623 g/mol. The molecule has 0 fully saturated rings. The van der Waals surface area contributed by atoms with Gasteiger partial charge in [0.15, 0.2) is 5.58 Å². The summed E-state index contributed by atoms with van der Waals surface area (Å²) in [6, 6.07) is 66.1. The van der Waals surface area contributed by atoms with Gasteiger partial charge >= 0.3 is 0 Å². The molecule has 0 aliphatic rings. The molecule has 0 bridgehead atoms. The first-order valence-electron chi connectivity index (χ1n) is 17.3. The average molecular weight is 654 g/mol. The van der Waals surface area contributed by atoms with Gasteiger partial charge in [0.05, 0.1) is 5.69 Å². The van der Waals surface area contributed by atoms with Gasteiger partial charge in [-0.05, 0) is 70.3 Å². The van der Waals surface area contributed by atoms with Gasteiger partial charge < -0.3 is 13.7 Å². The van der Waals surface area contributed by atoms with Gasteiger partial charge in [-0.2, -0.15) is 0 Å². The zero-order chi connectivity index (χ0) is 33.7. The lowest BCUT2D eigenvalue weighted by Gasteiger charge is -2.26. The van der Waals surface area contributed by atoms with E-state index in [1.807, 2.05) is 24.3 Å². The Labute approximate surface area is 295 Å². The lowest BCUT2D eigenvalue weighted by Crippen LogP contribution is -2.10. The van der Waals surface area contributed by atoms with Crippen LogP contribution in [0.2, 0.25) is 0 Å². The minimum absolute atomic E-state index is 0.866. The molecule has 0 aliphatic carbocycles. The maximum absolute atomic E-state index is 6.54. The first-order chi connectivity index (χ1) is 25.3. The monoisotopic (exact) mass is 653 g/mol. The van der Waals surface area contributed by atoms with Gasteiger partial charge in [0, 0.05) is 38.5 Å². The molecular formula is C48H31NO2. The average Bonchev–Trinajstić information content (AvgIpc) is 3.78. The van der Waals surface area contributed by atoms with E-state index in [-0.39, 0.29) is 0 Å². The van der Waals surface area contributed by atoms with Crippen molar-refractivity contribution in [2.45, 2.75) is 0 Å². The highest BCUT2D eigenvalue weighted by Crippen LogP contribution is 2.43. The van der Waals surface area contributed by atoms with Crippen LogP contribution in [0.4, 0.5) is 17.1 Å². The number of anilines is 3. The topological polar surface area (TPSA) is 29.5 Å². The Hall–Kier alpha value is -6.84. The summed E-state index contributed by atoms with van der Waals surface area (Å²) in [5.41, 5.74) is 13.6. The SMILES string of the molecule is c1ccc(-c2ccc(N(c3ccc(-c4ccc(-c5cccc6c5oc5ccccc56)cc4)cc3)c3cccc4c3oc3ccccc34)cc2)cc1. The Morgan fingerprint density at radius 3 is 1.33 bits per heavy atom. The molecule has 2 aromatic heterocycles. The van der Waals surface area contributed by atoms with E-state index < -0.39 is 0 Å². The largest absolute Gasteiger partial charge is 0.455 e. The van der Waals surface area contributed by atoms with Crippen LogP contribution in [0.3, 0.4) is 0 Å². The maximum Gasteiger partial charge on any atom is 0.159 e. The Morgan fingerprint density at radius 2 is 0.725 bits per heavy atom. The second kappa shape index (κ2) is 11.9. The van der Waals surface area contributed by atoms with Gasteiger partial charge in [-0.3, -0.25) is 0 Å². The minimum Gasteiger partial charge on any atom is -0.455 e. The quantitative estimate of drug-likeness (QED) is 0.179. The highest BCUT2D eigenvalue weighted by molar-refractivity contribution is 6.11. The third-order valence-corrected chi connectivity index (χ3v) is 9.92. The molecule has 8 aromatic carbocycles. The summed E-state index contributed by atoms with van der Waals surface area (Å²) in [6.45, 7) is 0. The fourth-order valence-electron chi connectivity index (χ4n) is 7.39. The number of benzene rings is 8. The molecule has 0 unspecified atom stereocenters. The Morgan fingerprint density at radius 1 is 0.294 bits per heavy atom. The molecule has 0 N–H and O–H groups in total. The summed E-state index contributed by atoms with van der Waals surface area (Å²) >= 11 is 0. The highest BCUT2D eigenvalue weighted by atomic mass is 16.3. The Bertz CT molecular complexity index is 2830. The normalized spacial score (nSPS) is 11.5. The fraction of sp³-hybridized carbons (Fsp3) is 0. The molecule has 3 heteroatoms. The smallest absolute Gasteiger partial charge is 0.159 e. The van der Waals surface area contributed by atoms with Gasteiger partial charge in [0.25, 0.3) is 0 Å². The van der Waals surface area contributed by atoms with Gasteiger partial charge in [0.1, 0.15) is 16.7 Å². The van der Waals surface area contributed by atoms with Crippen LogP contribution in [0.1, 0.15) is 0 Å². The van der Waals surface area contributed by atoms with E-state index in [2.05, 4.69) is 169 Å². The number of nitrogens with zero attached hydrogens (tertiary/aromatic N) is 1. The third-order valence-electron chi connectivity index (χ3n) is 9.92. The summed E-state index contributed by atoms with van der Waals surface area (Å²) in [5, 5.41) is 4.50. The molecule has 3 nitrogen and oxygen atoms in total. The molecule has 0 atom stereocenters. The number of fused-ring (bicyclic) bond motifs is 6. The predicted octanol–water partition coefficient (Wildman–Crippen LogP) is 14.0. The van der Waals surface area contributed by atoms with Crippen LogP contribution in [-0.2, 0) is 0 Å². The molecule has 2 heterocycles. The predicted molar refractivity (Wildman–Crippen MR) is 212 cm³/mol. The van der Waals surface area contributed by atoms with Crippen molar-refractivity contribution in [2.24, 2.45) is 0 Å². The van der Waals surface area contributed by atoms with E-state index in [4.69, 9.17) is 8.83 Å². The van der Waals surface area contributed by atoms with Crippen molar-refractivity contribution in [3.8, 4) is 33.4 Å². The van der Waals surface area contributed by atoms with Crippen molar-refractivity contribution < 1.29 is 8.83 Å². The maximum atomic E-state index is 6.54. The molecule has 51 heavy (non-hydrogen) atoms. The summed E-state index contributed by atoms with van der Waals surface area (Å²) in [4.78, 5) is 2.29. The van der Waals surface area contributed by atoms with E-state index in [0.29, 0.717) is 0 Å². The van der Waals surface area contributed by atoms with Crippen molar-refractivity contribution in [3.05, 3.63) is 188 Å². The molecule has 0 radical (unpaired) electrons. The van der Waals surface area contributed by atoms with Crippen LogP contribution in [0.25, 0.3) is 77.3 Å². The lowest BCUT2D eigenvalue weighted by atomic mass is 9.98. The van der Waals surface area contributed by atoms with Gasteiger partial charge in [-0.15, -0.1) is 0 Å². The van der Waals surface area contributed by atoms with Gasteiger partial charge in [-0.1, -0.05) is 146 Å². The first kappa shape index (κ1) is 29.1. The number of para-hydroxylation sites is 4. The van der Waals surface area contributed by atoms with Crippen molar-refractivity contribution in [3.63, 3.8) is 0 Å². The summed E-state index contributed by atoms with van der Waals surface area (Å²) in [7, 11) is 0. The third kappa shape index (κ3) is 4.98. The van der Waals surface area contributed by atoms with Crippen molar-refractivity contribution in [2.75, 3.05) is 4.90 Å². The number of rotatable bonds is 6. The Balaban J connectivity index is 1.03. The van der Waals surface area contributed by atoms with Crippen molar-refractivity contribution >= 4 is 60.9 Å². The summed E-state index contributed by atoms with van der Waals surface area (Å²) in [5.74, 6) is 0. The second-order valence-electron chi connectivity index (χ2n) is 12.9. The second-order valence-corrected chi connectivity index (χ2v) is 12.9. The lowest BCUT2D eigenvalue weighted by molar-refractivity contribution is 0.669. The summed E-state index contributed by atoms with van der Waals surface area (Å²) < 4.78 is 12.9. The van der Waals surface area contributed by atoms with Gasteiger partial charge in [0.2, 0.25) is 0 Å².